The summed E-state index contributed by atoms with van der Waals surface area (Å²) in [7, 11) is 3.00. The molecule has 2 rings (SSSR count). The maximum Gasteiger partial charge on any atom is 0.336 e. The Labute approximate surface area is 122 Å². The maximum absolute atomic E-state index is 11.4. The van der Waals surface area contributed by atoms with E-state index >= 15 is 0 Å². The summed E-state index contributed by atoms with van der Waals surface area (Å²) in [6.07, 6.45) is 0.289. The summed E-state index contributed by atoms with van der Waals surface area (Å²) in [5.74, 6) is 0.236. The van der Waals surface area contributed by atoms with E-state index in [9.17, 15) is 9.90 Å². The Morgan fingerprint density at radius 1 is 1.19 bits per heavy atom. The molecule has 2 aromatic rings. The van der Waals surface area contributed by atoms with Crippen LogP contribution in [0.5, 0.6) is 11.8 Å². The summed E-state index contributed by atoms with van der Waals surface area (Å²) in [6, 6.07) is 6.90. The second-order valence-electron chi connectivity index (χ2n) is 4.46. The van der Waals surface area contributed by atoms with E-state index in [1.54, 1.807) is 25.1 Å². The van der Waals surface area contributed by atoms with E-state index in [0.29, 0.717) is 28.7 Å². The highest BCUT2D eigenvalue weighted by atomic mass is 16.5. The van der Waals surface area contributed by atoms with Gasteiger partial charge in [-0.2, -0.15) is 9.97 Å². The Morgan fingerprint density at radius 3 is 2.33 bits per heavy atom. The maximum atomic E-state index is 11.4. The smallest absolute Gasteiger partial charge is 0.336 e. The lowest BCUT2D eigenvalue weighted by molar-refractivity contribution is 0.0695. The molecule has 0 fully saturated rings. The first-order chi connectivity index (χ1) is 10.0. The third-order valence-corrected chi connectivity index (χ3v) is 3.07. The van der Waals surface area contributed by atoms with Gasteiger partial charge in [-0.05, 0) is 18.1 Å². The lowest BCUT2D eigenvalue weighted by Gasteiger charge is -2.10. The van der Waals surface area contributed by atoms with Crippen molar-refractivity contribution in [3.63, 3.8) is 0 Å². The van der Waals surface area contributed by atoms with Gasteiger partial charge in [0.25, 0.3) is 0 Å². The first kappa shape index (κ1) is 14.8. The van der Waals surface area contributed by atoms with Gasteiger partial charge in [-0.1, -0.05) is 18.2 Å². The quantitative estimate of drug-likeness (QED) is 0.907. The molecule has 1 N–H and O–H groups in total. The van der Waals surface area contributed by atoms with E-state index in [2.05, 4.69) is 9.97 Å². The molecule has 0 unspecified atom stereocenters. The Balaban J connectivity index is 2.43. The fraction of sp³-hybridized carbons (Fsp3) is 0.267. The molecule has 6 nitrogen and oxygen atoms in total. The van der Waals surface area contributed by atoms with E-state index < -0.39 is 5.97 Å². The first-order valence-electron chi connectivity index (χ1n) is 6.33. The SMILES string of the molecule is COc1cc(OC)nc(Cc2cccc(C)c2C(=O)O)n1. The van der Waals surface area contributed by atoms with Gasteiger partial charge < -0.3 is 14.6 Å². The molecule has 0 atom stereocenters. The predicted octanol–water partition coefficient (Wildman–Crippen LogP) is 2.09. The summed E-state index contributed by atoms with van der Waals surface area (Å²) in [4.78, 5) is 19.8. The molecule has 1 aromatic carbocycles. The summed E-state index contributed by atoms with van der Waals surface area (Å²) >= 11 is 0. The highest BCUT2D eigenvalue weighted by molar-refractivity contribution is 5.91. The van der Waals surface area contributed by atoms with Gasteiger partial charge >= 0.3 is 5.97 Å². The largest absolute Gasteiger partial charge is 0.481 e. The van der Waals surface area contributed by atoms with Crippen molar-refractivity contribution in [1.29, 1.82) is 0 Å². The summed E-state index contributed by atoms with van der Waals surface area (Å²) in [5, 5.41) is 9.34. The number of carbonyl (C=O) groups is 1. The van der Waals surface area contributed by atoms with Crippen LogP contribution in [-0.4, -0.2) is 35.3 Å². The Morgan fingerprint density at radius 2 is 1.81 bits per heavy atom. The molecule has 1 heterocycles. The molecule has 0 spiro atoms. The summed E-state index contributed by atoms with van der Waals surface area (Å²) in [6.45, 7) is 1.76. The van der Waals surface area contributed by atoms with Gasteiger partial charge in [0.15, 0.2) is 0 Å². The number of carboxylic acids is 1. The Bertz CT molecular complexity index is 648. The number of aryl methyl sites for hydroxylation is 1. The van der Waals surface area contributed by atoms with Crippen LogP contribution in [0, 0.1) is 6.92 Å². The van der Waals surface area contributed by atoms with Gasteiger partial charge in [0.2, 0.25) is 11.8 Å². The Kier molecular flexibility index (Phi) is 4.37. The number of carboxylic acid groups (broad SMARTS) is 1. The number of hydrogen-bond donors (Lipinski definition) is 1. The van der Waals surface area contributed by atoms with Crippen molar-refractivity contribution >= 4 is 5.97 Å². The number of rotatable bonds is 5. The summed E-state index contributed by atoms with van der Waals surface area (Å²) in [5.41, 5.74) is 1.63. The van der Waals surface area contributed by atoms with E-state index in [1.807, 2.05) is 6.07 Å². The van der Waals surface area contributed by atoms with Crippen molar-refractivity contribution in [3.05, 3.63) is 46.8 Å². The van der Waals surface area contributed by atoms with Gasteiger partial charge in [0, 0.05) is 6.42 Å². The molecule has 21 heavy (non-hydrogen) atoms. The highest BCUT2D eigenvalue weighted by Gasteiger charge is 2.15. The van der Waals surface area contributed by atoms with Crippen LogP contribution in [0.2, 0.25) is 0 Å². The van der Waals surface area contributed by atoms with E-state index in [0.717, 1.165) is 0 Å². The molecular weight excluding hydrogens is 272 g/mol. The number of aromatic carboxylic acids is 1. The Hall–Kier alpha value is -2.63. The van der Waals surface area contributed by atoms with Gasteiger partial charge in [-0.3, -0.25) is 0 Å². The standard InChI is InChI=1S/C15H16N2O4/c1-9-5-4-6-10(14(9)15(18)19)7-11-16-12(20-2)8-13(17-11)21-3/h4-6,8H,7H2,1-3H3,(H,18,19). The number of hydrogen-bond acceptors (Lipinski definition) is 5. The third-order valence-electron chi connectivity index (χ3n) is 3.07. The van der Waals surface area contributed by atoms with Crippen LogP contribution >= 0.6 is 0 Å². The third kappa shape index (κ3) is 3.28. The molecule has 0 aliphatic rings. The highest BCUT2D eigenvalue weighted by Crippen LogP contribution is 2.20. The lowest BCUT2D eigenvalue weighted by atomic mass is 9.99. The molecule has 0 aliphatic heterocycles. The van der Waals surface area contributed by atoms with Crippen LogP contribution in [0.3, 0.4) is 0 Å². The van der Waals surface area contributed by atoms with Crippen LogP contribution in [0.4, 0.5) is 0 Å². The fourth-order valence-electron chi connectivity index (χ4n) is 2.09. The molecule has 0 saturated carbocycles. The second kappa shape index (κ2) is 6.21. The average molecular weight is 288 g/mol. The molecule has 0 amide bonds. The van der Waals surface area contributed by atoms with Crippen LogP contribution < -0.4 is 9.47 Å². The second-order valence-corrected chi connectivity index (χ2v) is 4.46. The van der Waals surface area contributed by atoms with Crippen molar-refractivity contribution < 1.29 is 19.4 Å². The van der Waals surface area contributed by atoms with Gasteiger partial charge in [0.05, 0.1) is 25.8 Å². The molecule has 110 valence electrons. The summed E-state index contributed by atoms with van der Waals surface area (Å²) < 4.78 is 10.2. The monoisotopic (exact) mass is 288 g/mol. The van der Waals surface area contributed by atoms with Crippen molar-refractivity contribution in [2.45, 2.75) is 13.3 Å². The van der Waals surface area contributed by atoms with E-state index in [-0.39, 0.29) is 12.0 Å². The minimum Gasteiger partial charge on any atom is -0.481 e. The van der Waals surface area contributed by atoms with Gasteiger partial charge in [-0.15, -0.1) is 0 Å². The zero-order valence-electron chi connectivity index (χ0n) is 12.1. The van der Waals surface area contributed by atoms with Gasteiger partial charge in [-0.25, -0.2) is 4.79 Å². The van der Waals surface area contributed by atoms with E-state index in [1.165, 1.54) is 14.2 Å². The zero-order chi connectivity index (χ0) is 15.4. The molecule has 0 radical (unpaired) electrons. The molecule has 0 saturated heterocycles. The van der Waals surface area contributed by atoms with Crippen molar-refractivity contribution in [1.82, 2.24) is 9.97 Å². The van der Waals surface area contributed by atoms with Crippen LogP contribution in [-0.2, 0) is 6.42 Å². The molecular formula is C15H16N2O4. The minimum atomic E-state index is -0.960. The number of nitrogens with zero attached hydrogens (tertiary/aromatic N) is 2. The van der Waals surface area contributed by atoms with Gasteiger partial charge in [0.1, 0.15) is 5.82 Å². The predicted molar refractivity (Wildman–Crippen MR) is 76.1 cm³/mol. The number of benzene rings is 1. The number of ether oxygens (including phenoxy) is 2. The van der Waals surface area contributed by atoms with Crippen LogP contribution in [0.15, 0.2) is 24.3 Å². The van der Waals surface area contributed by atoms with Crippen LogP contribution in [0.25, 0.3) is 0 Å². The van der Waals surface area contributed by atoms with Crippen molar-refractivity contribution in [3.8, 4) is 11.8 Å². The first-order valence-corrected chi connectivity index (χ1v) is 6.33. The van der Waals surface area contributed by atoms with Crippen molar-refractivity contribution in [2.24, 2.45) is 0 Å². The number of methoxy groups -OCH3 is 2. The minimum absolute atomic E-state index is 0.280. The molecule has 6 heteroatoms. The molecule has 1 aromatic heterocycles. The van der Waals surface area contributed by atoms with Crippen molar-refractivity contribution in [2.75, 3.05) is 14.2 Å². The molecule has 0 aliphatic carbocycles. The zero-order valence-corrected chi connectivity index (χ0v) is 12.1. The van der Waals surface area contributed by atoms with E-state index in [4.69, 9.17) is 9.47 Å². The topological polar surface area (TPSA) is 81.5 Å². The molecule has 0 bridgehead atoms. The van der Waals surface area contributed by atoms with Crippen LogP contribution in [0.1, 0.15) is 27.3 Å². The normalized spacial score (nSPS) is 10.2. The fourth-order valence-corrected chi connectivity index (χ4v) is 2.09. The number of aromatic nitrogens is 2. The average Bonchev–Trinajstić information content (AvgIpc) is 2.46. The lowest BCUT2D eigenvalue weighted by Crippen LogP contribution is -2.08.